The normalized spacial score (nSPS) is 17.4. The summed E-state index contributed by atoms with van der Waals surface area (Å²) in [6.45, 7) is 4.04. The van der Waals surface area contributed by atoms with E-state index in [4.69, 9.17) is 16.3 Å². The highest BCUT2D eigenvalue weighted by Crippen LogP contribution is 2.23. The van der Waals surface area contributed by atoms with E-state index in [-0.39, 0.29) is 18.0 Å². The second-order valence-electron chi connectivity index (χ2n) is 6.19. The number of cyclic esters (lactones) is 1. The van der Waals surface area contributed by atoms with E-state index in [1.165, 1.54) is 4.90 Å². The first-order valence-electron chi connectivity index (χ1n) is 8.07. The van der Waals surface area contributed by atoms with Gasteiger partial charge in [-0.2, -0.15) is 0 Å². The predicted octanol–water partition coefficient (Wildman–Crippen LogP) is 3.26. The summed E-state index contributed by atoms with van der Waals surface area (Å²) in [5.74, 6) is 0. The van der Waals surface area contributed by atoms with Crippen molar-refractivity contribution in [1.29, 1.82) is 0 Å². The second-order valence-corrected chi connectivity index (χ2v) is 8.39. The van der Waals surface area contributed by atoms with Crippen molar-refractivity contribution in [2.75, 3.05) is 18.0 Å². The van der Waals surface area contributed by atoms with E-state index in [0.717, 1.165) is 11.1 Å². The first kappa shape index (κ1) is 18.7. The quantitative estimate of drug-likeness (QED) is 0.844. The van der Waals surface area contributed by atoms with Gasteiger partial charge < -0.3 is 4.74 Å². The summed E-state index contributed by atoms with van der Waals surface area (Å²) in [4.78, 5) is 13.7. The van der Waals surface area contributed by atoms with Crippen molar-refractivity contribution in [2.45, 2.75) is 24.8 Å². The molecule has 2 aromatic rings. The molecule has 3 rings (SSSR count). The number of sulfonamides is 1. The number of ether oxygens (including phenoxy) is 1. The highest BCUT2D eigenvalue weighted by atomic mass is 35.5. The molecule has 1 aliphatic heterocycles. The van der Waals surface area contributed by atoms with Crippen molar-refractivity contribution < 1.29 is 17.9 Å². The lowest BCUT2D eigenvalue weighted by atomic mass is 10.1. The molecule has 1 heterocycles. The van der Waals surface area contributed by atoms with Crippen molar-refractivity contribution in [3.8, 4) is 0 Å². The lowest BCUT2D eigenvalue weighted by Crippen LogP contribution is -2.34. The molecule has 1 unspecified atom stereocenters. The van der Waals surface area contributed by atoms with Crippen LogP contribution in [-0.2, 0) is 14.8 Å². The fourth-order valence-electron chi connectivity index (χ4n) is 2.63. The average molecular weight is 395 g/mol. The summed E-state index contributed by atoms with van der Waals surface area (Å²) in [6.07, 6.45) is -1.08. The summed E-state index contributed by atoms with van der Waals surface area (Å²) < 4.78 is 32.7. The molecule has 2 aromatic carbocycles. The van der Waals surface area contributed by atoms with E-state index in [0.29, 0.717) is 10.7 Å². The largest absolute Gasteiger partial charge is 0.443 e. The zero-order valence-corrected chi connectivity index (χ0v) is 16.0. The number of hydrogen-bond donors (Lipinski definition) is 1. The first-order chi connectivity index (χ1) is 12.3. The molecule has 0 aromatic heterocycles. The molecule has 6 nitrogen and oxygen atoms in total. The Morgan fingerprint density at radius 2 is 1.85 bits per heavy atom. The standard InChI is InChI=1S/C18H19ClN2O4S/c1-12-3-8-17(9-13(12)2)26(23,24)20-10-16-11-21(18(22)25-16)15-6-4-14(19)5-7-15/h3-9,16,20H,10-11H2,1-2H3. The minimum atomic E-state index is -3.67. The Morgan fingerprint density at radius 3 is 2.50 bits per heavy atom. The third-order valence-corrected chi connectivity index (χ3v) is 5.98. The van der Waals surface area contributed by atoms with Crippen molar-refractivity contribution in [3.63, 3.8) is 0 Å². The lowest BCUT2D eigenvalue weighted by molar-refractivity contribution is 0.143. The van der Waals surface area contributed by atoms with Gasteiger partial charge in [-0.3, -0.25) is 4.90 Å². The smallest absolute Gasteiger partial charge is 0.414 e. The topological polar surface area (TPSA) is 75.7 Å². The molecular weight excluding hydrogens is 376 g/mol. The van der Waals surface area contributed by atoms with Crippen LogP contribution in [0.5, 0.6) is 0 Å². The Balaban J connectivity index is 1.65. The number of carbonyl (C=O) groups excluding carboxylic acids is 1. The SMILES string of the molecule is Cc1ccc(S(=O)(=O)NCC2CN(c3ccc(Cl)cc3)C(=O)O2)cc1C. The van der Waals surface area contributed by atoms with Crippen molar-refractivity contribution in [1.82, 2.24) is 4.72 Å². The van der Waals surface area contributed by atoms with Crippen LogP contribution in [0.25, 0.3) is 0 Å². The summed E-state index contributed by atoms with van der Waals surface area (Å²) in [5.41, 5.74) is 2.57. The molecule has 1 atom stereocenters. The minimum absolute atomic E-state index is 0.00505. The molecule has 0 radical (unpaired) electrons. The van der Waals surface area contributed by atoms with Gasteiger partial charge >= 0.3 is 6.09 Å². The molecule has 1 aliphatic rings. The number of nitrogens with one attached hydrogen (secondary N) is 1. The second kappa shape index (κ2) is 7.26. The number of nitrogens with zero attached hydrogens (tertiary/aromatic N) is 1. The number of benzene rings is 2. The highest BCUT2D eigenvalue weighted by molar-refractivity contribution is 7.89. The molecule has 0 bridgehead atoms. The lowest BCUT2D eigenvalue weighted by Gasteiger charge is -2.13. The average Bonchev–Trinajstić information content (AvgIpc) is 2.97. The fourth-order valence-corrected chi connectivity index (χ4v) is 3.90. The van der Waals surface area contributed by atoms with Gasteiger partial charge in [-0.15, -0.1) is 0 Å². The molecule has 8 heteroatoms. The maximum atomic E-state index is 12.4. The number of halogens is 1. The molecular formula is C18H19ClN2O4S. The Kier molecular flexibility index (Phi) is 5.22. The molecule has 1 saturated heterocycles. The van der Waals surface area contributed by atoms with Gasteiger partial charge in [0.25, 0.3) is 0 Å². The summed E-state index contributed by atoms with van der Waals surface area (Å²) in [7, 11) is -3.67. The van der Waals surface area contributed by atoms with Crippen LogP contribution in [0.2, 0.25) is 5.02 Å². The molecule has 1 fully saturated rings. The third kappa shape index (κ3) is 4.00. The Labute approximate surface area is 157 Å². The van der Waals surface area contributed by atoms with Crippen LogP contribution in [-0.4, -0.2) is 33.7 Å². The predicted molar refractivity (Wildman–Crippen MR) is 100 cm³/mol. The van der Waals surface area contributed by atoms with Gasteiger partial charge in [-0.1, -0.05) is 17.7 Å². The molecule has 1 N–H and O–H groups in total. The summed E-state index contributed by atoms with van der Waals surface area (Å²) >= 11 is 5.85. The van der Waals surface area contributed by atoms with Gasteiger partial charge in [0.1, 0.15) is 6.10 Å². The summed E-state index contributed by atoms with van der Waals surface area (Å²) in [5, 5.41) is 0.569. The van der Waals surface area contributed by atoms with Crippen LogP contribution < -0.4 is 9.62 Å². The van der Waals surface area contributed by atoms with Gasteiger partial charge in [0.2, 0.25) is 10.0 Å². The van der Waals surface area contributed by atoms with Crippen molar-refractivity contribution in [3.05, 3.63) is 58.6 Å². The highest BCUT2D eigenvalue weighted by Gasteiger charge is 2.33. The first-order valence-corrected chi connectivity index (χ1v) is 9.93. The maximum absolute atomic E-state index is 12.4. The summed E-state index contributed by atoms with van der Waals surface area (Å²) in [6, 6.07) is 11.7. The van der Waals surface area contributed by atoms with Crippen LogP contribution in [0, 0.1) is 13.8 Å². The van der Waals surface area contributed by atoms with Gasteiger partial charge in [0.15, 0.2) is 0 Å². The van der Waals surface area contributed by atoms with Gasteiger partial charge in [-0.05, 0) is 61.4 Å². The van der Waals surface area contributed by atoms with Crippen LogP contribution in [0.4, 0.5) is 10.5 Å². The Morgan fingerprint density at radius 1 is 1.15 bits per heavy atom. The van der Waals surface area contributed by atoms with Gasteiger partial charge in [-0.25, -0.2) is 17.9 Å². The van der Waals surface area contributed by atoms with Crippen LogP contribution in [0.15, 0.2) is 47.4 Å². The number of aryl methyl sites for hydroxylation is 2. The number of rotatable bonds is 5. The fraction of sp³-hybridized carbons (Fsp3) is 0.278. The van der Waals surface area contributed by atoms with E-state index < -0.39 is 22.2 Å². The number of hydrogen-bond acceptors (Lipinski definition) is 4. The molecule has 138 valence electrons. The number of anilines is 1. The minimum Gasteiger partial charge on any atom is -0.443 e. The molecule has 0 saturated carbocycles. The molecule has 0 spiro atoms. The van der Waals surface area contributed by atoms with Crippen molar-refractivity contribution >= 4 is 33.4 Å². The van der Waals surface area contributed by atoms with E-state index in [2.05, 4.69) is 4.72 Å². The van der Waals surface area contributed by atoms with Crippen LogP contribution in [0.3, 0.4) is 0 Å². The molecule has 0 aliphatic carbocycles. The van der Waals surface area contributed by atoms with E-state index in [1.54, 1.807) is 42.5 Å². The molecule has 1 amide bonds. The van der Waals surface area contributed by atoms with E-state index in [9.17, 15) is 13.2 Å². The van der Waals surface area contributed by atoms with Gasteiger partial charge in [0, 0.05) is 17.3 Å². The monoisotopic (exact) mass is 394 g/mol. The molecule has 26 heavy (non-hydrogen) atoms. The van der Waals surface area contributed by atoms with Crippen LogP contribution >= 0.6 is 11.6 Å². The number of amides is 1. The Hall–Kier alpha value is -2.09. The zero-order valence-electron chi connectivity index (χ0n) is 14.4. The number of carbonyl (C=O) groups is 1. The van der Waals surface area contributed by atoms with Crippen molar-refractivity contribution in [2.24, 2.45) is 0 Å². The Bertz CT molecular complexity index is 929. The zero-order chi connectivity index (χ0) is 18.9. The van der Waals surface area contributed by atoms with E-state index >= 15 is 0 Å². The van der Waals surface area contributed by atoms with Gasteiger partial charge in [0.05, 0.1) is 11.4 Å². The maximum Gasteiger partial charge on any atom is 0.414 e. The third-order valence-electron chi connectivity index (χ3n) is 4.30. The van der Waals surface area contributed by atoms with E-state index in [1.807, 2.05) is 13.8 Å². The van der Waals surface area contributed by atoms with Crippen LogP contribution in [0.1, 0.15) is 11.1 Å².